The van der Waals surface area contributed by atoms with Crippen molar-refractivity contribution >= 4 is 17.9 Å². The van der Waals surface area contributed by atoms with Crippen LogP contribution < -0.4 is 5.32 Å². The average Bonchev–Trinajstić information content (AvgIpc) is 2.30. The number of carbonyl (C=O) groups excluding carboxylic acids is 2. The van der Waals surface area contributed by atoms with Gasteiger partial charge in [-0.2, -0.15) is 0 Å². The van der Waals surface area contributed by atoms with Crippen molar-refractivity contribution in [2.45, 2.75) is 25.8 Å². The van der Waals surface area contributed by atoms with Crippen molar-refractivity contribution in [3.8, 4) is 0 Å². The lowest BCUT2D eigenvalue weighted by atomic mass is 10.1. The van der Waals surface area contributed by atoms with Crippen molar-refractivity contribution in [3.63, 3.8) is 0 Å². The Labute approximate surface area is 106 Å². The quantitative estimate of drug-likeness (QED) is 0.725. The maximum atomic E-state index is 12.1. The Balaban J connectivity index is 2.78. The van der Waals surface area contributed by atoms with Crippen LogP contribution in [0.2, 0.25) is 0 Å². The van der Waals surface area contributed by atoms with Gasteiger partial charge >= 0.3 is 12.0 Å². The molecular formula is C11H19N3O4. The highest BCUT2D eigenvalue weighted by atomic mass is 16.4. The number of piperazine rings is 1. The summed E-state index contributed by atoms with van der Waals surface area (Å²) in [5.41, 5.74) is 0. The third-order valence-electron chi connectivity index (χ3n) is 2.83. The third kappa shape index (κ3) is 3.35. The van der Waals surface area contributed by atoms with E-state index in [1.165, 1.54) is 9.80 Å². The Morgan fingerprint density at radius 1 is 1.56 bits per heavy atom. The minimum absolute atomic E-state index is 0.294. The van der Waals surface area contributed by atoms with Gasteiger partial charge in [-0.25, -0.2) is 4.79 Å². The number of amides is 3. The largest absolute Gasteiger partial charge is 0.481 e. The molecule has 1 aliphatic rings. The van der Waals surface area contributed by atoms with E-state index in [9.17, 15) is 14.4 Å². The highest BCUT2D eigenvalue weighted by molar-refractivity contribution is 5.91. The van der Waals surface area contributed by atoms with E-state index in [0.717, 1.165) is 6.42 Å². The average molecular weight is 257 g/mol. The highest BCUT2D eigenvalue weighted by Gasteiger charge is 2.35. The second kappa shape index (κ2) is 6.23. The smallest absolute Gasteiger partial charge is 0.320 e. The number of aliphatic carboxylic acids is 1. The van der Waals surface area contributed by atoms with Gasteiger partial charge in [0.2, 0.25) is 5.91 Å². The van der Waals surface area contributed by atoms with E-state index >= 15 is 0 Å². The molecular weight excluding hydrogens is 238 g/mol. The van der Waals surface area contributed by atoms with E-state index in [1.807, 2.05) is 6.92 Å². The molecule has 0 bridgehead atoms. The summed E-state index contributed by atoms with van der Waals surface area (Å²) in [6, 6.07) is -1.21. The number of nitrogens with one attached hydrogen (secondary N) is 1. The predicted molar refractivity (Wildman–Crippen MR) is 64.1 cm³/mol. The molecule has 102 valence electrons. The Morgan fingerprint density at radius 2 is 2.22 bits per heavy atom. The normalized spacial score (nSPS) is 19.3. The number of nitrogens with zero attached hydrogens (tertiary/aromatic N) is 2. The van der Waals surface area contributed by atoms with Crippen LogP contribution in [0.5, 0.6) is 0 Å². The van der Waals surface area contributed by atoms with Gasteiger partial charge in [-0.05, 0) is 6.42 Å². The predicted octanol–water partition coefficient (Wildman–Crippen LogP) is -0.277. The van der Waals surface area contributed by atoms with Gasteiger partial charge in [0.05, 0.1) is 6.42 Å². The first-order valence-electron chi connectivity index (χ1n) is 5.98. The number of carbonyl (C=O) groups is 3. The van der Waals surface area contributed by atoms with Gasteiger partial charge in [0.25, 0.3) is 0 Å². The van der Waals surface area contributed by atoms with Crippen molar-refractivity contribution in [1.82, 2.24) is 15.1 Å². The number of hydrogen-bond donors (Lipinski definition) is 2. The van der Waals surface area contributed by atoms with Crippen LogP contribution in [0.25, 0.3) is 0 Å². The van der Waals surface area contributed by atoms with Crippen LogP contribution in [0, 0.1) is 0 Å². The zero-order valence-electron chi connectivity index (χ0n) is 10.7. The van der Waals surface area contributed by atoms with Gasteiger partial charge in [0, 0.05) is 26.7 Å². The minimum atomic E-state index is -1.09. The van der Waals surface area contributed by atoms with Crippen molar-refractivity contribution in [3.05, 3.63) is 0 Å². The van der Waals surface area contributed by atoms with E-state index in [-0.39, 0.29) is 12.5 Å². The van der Waals surface area contributed by atoms with Crippen LogP contribution in [0.1, 0.15) is 19.8 Å². The van der Waals surface area contributed by atoms with Gasteiger partial charge in [0.1, 0.15) is 6.04 Å². The van der Waals surface area contributed by atoms with Crippen molar-refractivity contribution in [2.24, 2.45) is 0 Å². The third-order valence-corrected chi connectivity index (χ3v) is 2.83. The number of hydrogen-bond acceptors (Lipinski definition) is 3. The zero-order valence-corrected chi connectivity index (χ0v) is 10.7. The highest BCUT2D eigenvalue weighted by Crippen LogP contribution is 2.11. The molecule has 18 heavy (non-hydrogen) atoms. The summed E-state index contributed by atoms with van der Waals surface area (Å²) in [4.78, 5) is 37.3. The van der Waals surface area contributed by atoms with Gasteiger partial charge in [-0.15, -0.1) is 0 Å². The molecule has 2 N–H and O–H groups in total. The molecule has 1 atom stereocenters. The van der Waals surface area contributed by atoms with Crippen molar-refractivity contribution < 1.29 is 19.5 Å². The molecule has 1 aliphatic heterocycles. The van der Waals surface area contributed by atoms with Gasteiger partial charge in [-0.3, -0.25) is 9.59 Å². The van der Waals surface area contributed by atoms with E-state index in [2.05, 4.69) is 5.32 Å². The van der Waals surface area contributed by atoms with Gasteiger partial charge in [-0.1, -0.05) is 6.92 Å². The van der Waals surface area contributed by atoms with Crippen LogP contribution >= 0.6 is 0 Å². The van der Waals surface area contributed by atoms with Crippen molar-refractivity contribution in [1.29, 1.82) is 0 Å². The molecule has 7 nitrogen and oxygen atoms in total. The Hall–Kier alpha value is -1.79. The van der Waals surface area contributed by atoms with E-state index < -0.39 is 17.9 Å². The number of urea groups is 1. The Kier molecular flexibility index (Phi) is 4.94. The monoisotopic (exact) mass is 257 g/mol. The maximum absolute atomic E-state index is 12.1. The molecule has 0 spiro atoms. The molecule has 1 saturated heterocycles. The zero-order chi connectivity index (χ0) is 13.7. The number of carboxylic acids is 1. The fourth-order valence-electron chi connectivity index (χ4n) is 1.96. The maximum Gasteiger partial charge on any atom is 0.320 e. The van der Waals surface area contributed by atoms with Gasteiger partial charge in [0.15, 0.2) is 0 Å². The van der Waals surface area contributed by atoms with Crippen LogP contribution in [0.15, 0.2) is 0 Å². The summed E-state index contributed by atoms with van der Waals surface area (Å²) in [6.45, 7) is 3.23. The summed E-state index contributed by atoms with van der Waals surface area (Å²) >= 11 is 0. The van der Waals surface area contributed by atoms with Crippen molar-refractivity contribution in [2.75, 3.05) is 26.7 Å². The standard InChI is InChI=1S/C11H19N3O4/c1-3-5-13(2)11(18)14-6-4-12-10(17)8(14)7-9(15)16/h8H,3-7H2,1-2H3,(H,12,17)(H,15,16). The molecule has 0 aromatic carbocycles. The van der Waals surface area contributed by atoms with E-state index in [0.29, 0.717) is 19.6 Å². The molecule has 0 radical (unpaired) electrons. The SMILES string of the molecule is CCCN(C)C(=O)N1CCNC(=O)C1CC(=O)O. The number of carboxylic acid groups (broad SMARTS) is 1. The molecule has 1 fully saturated rings. The fraction of sp³-hybridized carbons (Fsp3) is 0.727. The molecule has 1 heterocycles. The molecule has 3 amide bonds. The molecule has 0 aromatic heterocycles. The molecule has 0 aliphatic carbocycles. The van der Waals surface area contributed by atoms with Crippen LogP contribution in [0.3, 0.4) is 0 Å². The van der Waals surface area contributed by atoms with Gasteiger partial charge < -0.3 is 20.2 Å². The van der Waals surface area contributed by atoms with Crippen LogP contribution in [0.4, 0.5) is 4.79 Å². The Bertz CT molecular complexity index is 345. The molecule has 0 saturated carbocycles. The molecule has 7 heteroatoms. The number of rotatable bonds is 4. The summed E-state index contributed by atoms with van der Waals surface area (Å²) in [7, 11) is 1.65. The Morgan fingerprint density at radius 3 is 2.78 bits per heavy atom. The lowest BCUT2D eigenvalue weighted by Crippen LogP contribution is -2.60. The first kappa shape index (κ1) is 14.3. The lowest BCUT2D eigenvalue weighted by molar-refractivity contribution is -0.142. The first-order chi connectivity index (χ1) is 8.47. The lowest BCUT2D eigenvalue weighted by Gasteiger charge is -2.36. The fourth-order valence-corrected chi connectivity index (χ4v) is 1.96. The first-order valence-corrected chi connectivity index (χ1v) is 5.98. The van der Waals surface area contributed by atoms with E-state index in [1.54, 1.807) is 7.05 Å². The minimum Gasteiger partial charge on any atom is -0.481 e. The summed E-state index contributed by atoms with van der Waals surface area (Å²) in [5, 5.41) is 11.4. The van der Waals surface area contributed by atoms with Crippen LogP contribution in [-0.4, -0.2) is 65.5 Å². The summed E-state index contributed by atoms with van der Waals surface area (Å²) in [6.07, 6.45) is 0.448. The second-order valence-electron chi connectivity index (χ2n) is 4.30. The second-order valence-corrected chi connectivity index (χ2v) is 4.30. The molecule has 1 unspecified atom stereocenters. The van der Waals surface area contributed by atoms with Crippen LogP contribution in [-0.2, 0) is 9.59 Å². The molecule has 1 rings (SSSR count). The topological polar surface area (TPSA) is 90.0 Å². The summed E-state index contributed by atoms with van der Waals surface area (Å²) < 4.78 is 0. The molecule has 0 aromatic rings. The summed E-state index contributed by atoms with van der Waals surface area (Å²) in [5.74, 6) is -1.49. The van der Waals surface area contributed by atoms with E-state index in [4.69, 9.17) is 5.11 Å².